The van der Waals surface area contributed by atoms with Crippen LogP contribution >= 0.6 is 0 Å². The normalized spacial score (nSPS) is 30.0. The van der Waals surface area contributed by atoms with Gasteiger partial charge in [-0.3, -0.25) is 4.79 Å². The van der Waals surface area contributed by atoms with E-state index >= 15 is 0 Å². The third kappa shape index (κ3) is 3.26. The summed E-state index contributed by atoms with van der Waals surface area (Å²) in [5.74, 6) is -1.02. The Morgan fingerprint density at radius 2 is 1.77 bits per heavy atom. The molecule has 2 unspecified atom stereocenters. The van der Waals surface area contributed by atoms with E-state index in [-0.39, 0.29) is 17.2 Å². The van der Waals surface area contributed by atoms with Gasteiger partial charge >= 0.3 is 6.18 Å². The van der Waals surface area contributed by atoms with Gasteiger partial charge < -0.3 is 10.6 Å². The van der Waals surface area contributed by atoms with Crippen molar-refractivity contribution in [2.24, 2.45) is 17.3 Å². The summed E-state index contributed by atoms with van der Waals surface area (Å²) in [6.45, 7) is 1.74. The van der Waals surface area contributed by atoms with Crippen molar-refractivity contribution in [3.8, 4) is 0 Å². The molecule has 2 aliphatic carbocycles. The number of carbonyl (C=O) groups excluding carboxylic acids is 1. The van der Waals surface area contributed by atoms with Crippen molar-refractivity contribution in [3.05, 3.63) is 0 Å². The second-order valence-electron chi connectivity index (χ2n) is 7.30. The number of rotatable bonds is 3. The second kappa shape index (κ2) is 6.02. The first-order valence-electron chi connectivity index (χ1n) is 8.50. The maximum Gasteiger partial charge on any atom is 0.408 e. The Morgan fingerprint density at radius 3 is 2.36 bits per heavy atom. The van der Waals surface area contributed by atoms with Crippen LogP contribution in [0.1, 0.15) is 51.4 Å². The maximum absolute atomic E-state index is 13.4. The van der Waals surface area contributed by atoms with Crippen LogP contribution in [-0.4, -0.2) is 31.2 Å². The number of piperidine rings is 1. The average molecular weight is 318 g/mol. The molecule has 2 saturated carbocycles. The zero-order chi connectivity index (χ0) is 15.8. The van der Waals surface area contributed by atoms with Gasteiger partial charge in [0.25, 0.3) is 0 Å². The molecule has 3 nitrogen and oxygen atoms in total. The van der Waals surface area contributed by atoms with E-state index in [9.17, 15) is 18.0 Å². The summed E-state index contributed by atoms with van der Waals surface area (Å²) in [4.78, 5) is 12.3. The van der Waals surface area contributed by atoms with Crippen molar-refractivity contribution in [2.45, 2.75) is 63.6 Å². The van der Waals surface area contributed by atoms with E-state index in [0.717, 1.165) is 51.6 Å². The minimum absolute atomic E-state index is 0.0158. The molecule has 1 heterocycles. The summed E-state index contributed by atoms with van der Waals surface area (Å²) < 4.78 is 40.1. The smallest absolute Gasteiger partial charge is 0.344 e. The predicted molar refractivity (Wildman–Crippen MR) is 77.2 cm³/mol. The number of hydrogen-bond donors (Lipinski definition) is 2. The Bertz CT molecular complexity index is 412. The summed E-state index contributed by atoms with van der Waals surface area (Å²) in [5.41, 5.74) is -0.0158. The molecule has 1 spiro atoms. The van der Waals surface area contributed by atoms with Crippen molar-refractivity contribution in [2.75, 3.05) is 13.1 Å². The number of carbonyl (C=O) groups is 1. The summed E-state index contributed by atoms with van der Waals surface area (Å²) >= 11 is 0. The summed E-state index contributed by atoms with van der Waals surface area (Å²) in [6.07, 6.45) is 2.07. The van der Waals surface area contributed by atoms with Crippen LogP contribution in [0.25, 0.3) is 0 Å². The number of halogens is 3. The highest BCUT2D eigenvalue weighted by atomic mass is 19.4. The monoisotopic (exact) mass is 318 g/mol. The molecule has 0 bridgehead atoms. The maximum atomic E-state index is 13.4. The number of nitrogens with one attached hydrogen (secondary N) is 2. The second-order valence-corrected chi connectivity index (χ2v) is 7.30. The lowest BCUT2D eigenvalue weighted by Crippen LogP contribution is -2.51. The van der Waals surface area contributed by atoms with Gasteiger partial charge in [0.1, 0.15) is 6.04 Å². The van der Waals surface area contributed by atoms with Crippen molar-refractivity contribution in [3.63, 3.8) is 0 Å². The summed E-state index contributed by atoms with van der Waals surface area (Å²) in [7, 11) is 0. The Kier molecular flexibility index (Phi) is 4.40. The van der Waals surface area contributed by atoms with E-state index in [4.69, 9.17) is 0 Å². The summed E-state index contributed by atoms with van der Waals surface area (Å²) in [5, 5.41) is 5.62. The van der Waals surface area contributed by atoms with Gasteiger partial charge in [0.15, 0.2) is 0 Å². The molecule has 3 aliphatic rings. The standard InChI is InChI=1S/C16H25F3N2O/c17-16(18,19)13(11-4-2-1-3-5-11)21-14(22)12-10-15(12)6-8-20-9-7-15/h11-13,20H,1-10H2,(H,21,22). The van der Waals surface area contributed by atoms with E-state index < -0.39 is 18.1 Å². The van der Waals surface area contributed by atoms with Gasteiger partial charge in [0.2, 0.25) is 5.91 Å². The molecule has 0 radical (unpaired) electrons. The van der Waals surface area contributed by atoms with E-state index in [2.05, 4.69) is 10.6 Å². The summed E-state index contributed by atoms with van der Waals surface area (Å²) in [6, 6.07) is -1.65. The molecule has 1 aliphatic heterocycles. The fourth-order valence-electron chi connectivity index (χ4n) is 4.38. The highest BCUT2D eigenvalue weighted by molar-refractivity contribution is 5.83. The van der Waals surface area contributed by atoms with Crippen LogP contribution in [0.15, 0.2) is 0 Å². The van der Waals surface area contributed by atoms with Gasteiger partial charge in [0.05, 0.1) is 0 Å². The van der Waals surface area contributed by atoms with Crippen LogP contribution in [-0.2, 0) is 4.79 Å². The van der Waals surface area contributed by atoms with E-state index in [1.165, 1.54) is 0 Å². The topological polar surface area (TPSA) is 41.1 Å². The molecule has 0 aromatic rings. The molecule has 1 saturated heterocycles. The van der Waals surface area contributed by atoms with Crippen molar-refractivity contribution in [1.29, 1.82) is 0 Å². The van der Waals surface area contributed by atoms with Crippen molar-refractivity contribution < 1.29 is 18.0 Å². The van der Waals surface area contributed by atoms with Gasteiger partial charge in [0, 0.05) is 5.92 Å². The number of alkyl halides is 3. The average Bonchev–Trinajstić information content (AvgIpc) is 3.18. The zero-order valence-corrected chi connectivity index (χ0v) is 12.8. The van der Waals surface area contributed by atoms with Crippen LogP contribution in [0, 0.1) is 17.3 Å². The Morgan fingerprint density at radius 1 is 1.14 bits per heavy atom. The molecule has 126 valence electrons. The van der Waals surface area contributed by atoms with Gasteiger partial charge in [-0.15, -0.1) is 0 Å². The predicted octanol–water partition coefficient (Wildman–Crippen LogP) is 3.00. The Labute approximate surface area is 129 Å². The molecule has 2 atom stereocenters. The molecule has 22 heavy (non-hydrogen) atoms. The molecule has 6 heteroatoms. The van der Waals surface area contributed by atoms with E-state index in [1.54, 1.807) is 0 Å². The van der Waals surface area contributed by atoms with E-state index in [1.807, 2.05) is 0 Å². The van der Waals surface area contributed by atoms with Crippen LogP contribution in [0.4, 0.5) is 13.2 Å². The van der Waals surface area contributed by atoms with Crippen molar-refractivity contribution >= 4 is 5.91 Å². The molecular weight excluding hydrogens is 293 g/mol. The zero-order valence-electron chi connectivity index (χ0n) is 12.8. The lowest BCUT2D eigenvalue weighted by Gasteiger charge is -2.32. The van der Waals surface area contributed by atoms with E-state index in [0.29, 0.717) is 12.8 Å². The van der Waals surface area contributed by atoms with Crippen LogP contribution in [0.2, 0.25) is 0 Å². The molecule has 2 N–H and O–H groups in total. The third-order valence-electron chi connectivity index (χ3n) is 5.88. The highest BCUT2D eigenvalue weighted by Crippen LogP contribution is 2.58. The van der Waals surface area contributed by atoms with Crippen LogP contribution in [0.5, 0.6) is 0 Å². The molecule has 0 aromatic heterocycles. The minimum Gasteiger partial charge on any atom is -0.344 e. The largest absolute Gasteiger partial charge is 0.408 e. The van der Waals surface area contributed by atoms with Crippen molar-refractivity contribution in [1.82, 2.24) is 10.6 Å². The van der Waals surface area contributed by atoms with Gasteiger partial charge in [-0.2, -0.15) is 13.2 Å². The SMILES string of the molecule is O=C(NC(C1CCCCC1)C(F)(F)F)C1CC12CCNCC2. The minimum atomic E-state index is -4.34. The van der Waals surface area contributed by atoms with Gasteiger partial charge in [-0.05, 0) is 56.5 Å². The number of hydrogen-bond acceptors (Lipinski definition) is 2. The number of amides is 1. The lowest BCUT2D eigenvalue weighted by molar-refractivity contribution is -0.175. The first kappa shape index (κ1) is 16.1. The van der Waals surface area contributed by atoms with Gasteiger partial charge in [-0.25, -0.2) is 0 Å². The highest BCUT2D eigenvalue weighted by Gasteiger charge is 2.59. The lowest BCUT2D eigenvalue weighted by atomic mass is 9.83. The molecule has 3 fully saturated rings. The molecule has 1 amide bonds. The van der Waals surface area contributed by atoms with Crippen LogP contribution in [0.3, 0.4) is 0 Å². The Balaban J connectivity index is 1.62. The first-order valence-corrected chi connectivity index (χ1v) is 8.50. The quantitative estimate of drug-likeness (QED) is 0.840. The molecule has 0 aromatic carbocycles. The van der Waals surface area contributed by atoms with Gasteiger partial charge in [-0.1, -0.05) is 19.3 Å². The fourth-order valence-corrected chi connectivity index (χ4v) is 4.38. The molecular formula is C16H25F3N2O. The first-order chi connectivity index (χ1) is 10.4. The molecule has 3 rings (SSSR count). The van der Waals surface area contributed by atoms with Crippen LogP contribution < -0.4 is 10.6 Å². The third-order valence-corrected chi connectivity index (χ3v) is 5.88. The fraction of sp³-hybridized carbons (Fsp3) is 0.938. The Hall–Kier alpha value is -0.780.